The Labute approximate surface area is 189 Å². The number of rotatable bonds is 2. The van der Waals surface area contributed by atoms with E-state index in [1.807, 2.05) is 36.5 Å². The first-order valence-electron chi connectivity index (χ1n) is 11.5. The monoisotopic (exact) mass is 433 g/mol. The molecule has 0 bridgehead atoms. The van der Waals surface area contributed by atoms with Crippen LogP contribution in [0.1, 0.15) is 24.8 Å². The summed E-state index contributed by atoms with van der Waals surface area (Å²) in [6.07, 6.45) is 5.56. The van der Waals surface area contributed by atoms with Gasteiger partial charge in [-0.05, 0) is 31.4 Å². The Balaban J connectivity index is 1.60. The number of aromatic amines is 2. The van der Waals surface area contributed by atoms with Crippen molar-refractivity contribution < 1.29 is 0 Å². The molecule has 4 N–H and O–H groups in total. The van der Waals surface area contributed by atoms with Gasteiger partial charge in [-0.15, -0.1) is 0 Å². The first kappa shape index (κ1) is 18.4. The highest BCUT2D eigenvalue weighted by molar-refractivity contribution is 6.17. The fraction of sp³-hybridized carbons (Fsp3) is 0.192. The molecule has 0 radical (unpaired) electrons. The van der Waals surface area contributed by atoms with Crippen LogP contribution in [0, 0.1) is 0 Å². The Morgan fingerprint density at radius 1 is 0.848 bits per heavy atom. The van der Waals surface area contributed by atoms with E-state index in [-0.39, 0.29) is 0 Å². The maximum atomic E-state index is 6.82. The molecule has 1 fully saturated rings. The van der Waals surface area contributed by atoms with Crippen LogP contribution in [0.15, 0.2) is 54.7 Å². The third-order valence-corrected chi connectivity index (χ3v) is 6.80. The van der Waals surface area contributed by atoms with Gasteiger partial charge in [0.1, 0.15) is 16.7 Å². The van der Waals surface area contributed by atoms with Crippen LogP contribution in [0.4, 0.5) is 5.95 Å². The van der Waals surface area contributed by atoms with Crippen LogP contribution < -0.4 is 16.0 Å². The number of para-hydroxylation sites is 2. The maximum Gasteiger partial charge on any atom is 0.226 e. The van der Waals surface area contributed by atoms with Crippen molar-refractivity contribution in [2.45, 2.75) is 19.3 Å². The topological polar surface area (TPSA) is 99.5 Å². The molecular weight excluding hydrogens is 410 g/mol. The number of fused-ring (bicyclic) bond motifs is 6. The standard InChI is InChI=1S/C26H23N7/c27-21(17-14-28-18-10-4-2-8-15(17)18)23-24-22(31-26(32-24)33-12-6-1-7-13-33)20-16-9-3-5-11-19(16)29-25(20)30-23/h2-5,8-11,14,28H,1,6-7,12-13,27H2,(H,29,30)/b23-21+. The second-order valence-electron chi connectivity index (χ2n) is 8.78. The summed E-state index contributed by atoms with van der Waals surface area (Å²) in [7, 11) is 0. The lowest BCUT2D eigenvalue weighted by Crippen LogP contribution is -2.30. The molecule has 7 heteroatoms. The fourth-order valence-electron chi connectivity index (χ4n) is 5.13. The number of piperidine rings is 1. The summed E-state index contributed by atoms with van der Waals surface area (Å²) in [4.78, 5) is 24.1. The molecule has 4 aromatic heterocycles. The average Bonchev–Trinajstić information content (AvgIpc) is 3.58. The number of benzene rings is 2. The van der Waals surface area contributed by atoms with E-state index in [2.05, 4.69) is 33.1 Å². The molecule has 1 aliphatic heterocycles. The van der Waals surface area contributed by atoms with Gasteiger partial charge in [0.05, 0.1) is 21.9 Å². The average molecular weight is 434 g/mol. The third-order valence-electron chi connectivity index (χ3n) is 6.80. The van der Waals surface area contributed by atoms with E-state index in [1.54, 1.807) is 0 Å². The van der Waals surface area contributed by atoms with E-state index in [4.69, 9.17) is 20.7 Å². The van der Waals surface area contributed by atoms with Gasteiger partial charge >= 0.3 is 0 Å². The summed E-state index contributed by atoms with van der Waals surface area (Å²) in [6.45, 7) is 1.97. The SMILES string of the molecule is N/C(c1c[nH]c2ccccc12)=c1/[nH]c2nc3ccccc3c2c2nc(N3CCCCC3)nc12. The Morgan fingerprint density at radius 2 is 1.61 bits per heavy atom. The zero-order valence-electron chi connectivity index (χ0n) is 18.1. The van der Waals surface area contributed by atoms with Crippen molar-refractivity contribution in [3.63, 3.8) is 0 Å². The summed E-state index contributed by atoms with van der Waals surface area (Å²) < 4.78 is 0. The highest BCUT2D eigenvalue weighted by Crippen LogP contribution is 2.31. The Kier molecular flexibility index (Phi) is 3.88. The number of hydrogen-bond acceptors (Lipinski definition) is 5. The highest BCUT2D eigenvalue weighted by atomic mass is 15.3. The number of nitrogens with one attached hydrogen (secondary N) is 2. The van der Waals surface area contributed by atoms with E-state index < -0.39 is 0 Å². The Morgan fingerprint density at radius 3 is 2.48 bits per heavy atom. The minimum absolute atomic E-state index is 0.636. The molecule has 0 amide bonds. The number of pyridine rings is 1. The molecule has 2 aromatic carbocycles. The number of imidazole rings is 1. The molecule has 5 heterocycles. The van der Waals surface area contributed by atoms with Crippen molar-refractivity contribution in [3.8, 4) is 0 Å². The Hall–Kier alpha value is -4.13. The lowest BCUT2D eigenvalue weighted by atomic mass is 10.1. The number of nitrogens with two attached hydrogens (primary N) is 1. The number of anilines is 1. The third kappa shape index (κ3) is 2.72. The maximum absolute atomic E-state index is 6.82. The minimum atomic E-state index is 0.636. The summed E-state index contributed by atoms with van der Waals surface area (Å²) in [5.41, 5.74) is 12.8. The van der Waals surface area contributed by atoms with Gasteiger partial charge in [0.15, 0.2) is 0 Å². The van der Waals surface area contributed by atoms with Crippen molar-refractivity contribution in [2.24, 2.45) is 5.73 Å². The van der Waals surface area contributed by atoms with Gasteiger partial charge in [0.2, 0.25) is 5.95 Å². The molecule has 1 saturated heterocycles. The van der Waals surface area contributed by atoms with E-state index in [1.165, 1.54) is 19.3 Å². The van der Waals surface area contributed by atoms with Crippen LogP contribution in [-0.4, -0.2) is 38.0 Å². The smallest absolute Gasteiger partial charge is 0.226 e. The number of hydrogen-bond donors (Lipinski definition) is 3. The normalized spacial score (nSPS) is 15.8. The molecule has 162 valence electrons. The van der Waals surface area contributed by atoms with Crippen molar-refractivity contribution in [1.82, 2.24) is 24.9 Å². The molecule has 0 atom stereocenters. The molecule has 0 aliphatic carbocycles. The first-order valence-corrected chi connectivity index (χ1v) is 11.5. The van der Waals surface area contributed by atoms with Crippen molar-refractivity contribution in [2.75, 3.05) is 18.0 Å². The Bertz CT molecular complexity index is 1720. The van der Waals surface area contributed by atoms with Crippen LogP contribution in [-0.2, 0) is 0 Å². The predicted molar refractivity (Wildman–Crippen MR) is 133 cm³/mol. The van der Waals surface area contributed by atoms with Gasteiger partial charge in [0.25, 0.3) is 0 Å². The van der Waals surface area contributed by atoms with Gasteiger partial charge < -0.3 is 20.6 Å². The van der Waals surface area contributed by atoms with E-state index in [0.717, 1.165) is 73.8 Å². The summed E-state index contributed by atoms with van der Waals surface area (Å²) in [5.74, 6) is 0.781. The van der Waals surface area contributed by atoms with Crippen molar-refractivity contribution >= 4 is 55.5 Å². The van der Waals surface area contributed by atoms with Crippen molar-refractivity contribution in [3.05, 3.63) is 65.6 Å². The van der Waals surface area contributed by atoms with Gasteiger partial charge in [-0.2, -0.15) is 0 Å². The first-order chi connectivity index (χ1) is 16.3. The van der Waals surface area contributed by atoms with E-state index in [0.29, 0.717) is 5.70 Å². The molecule has 0 saturated carbocycles. The summed E-state index contributed by atoms with van der Waals surface area (Å²) in [6, 6.07) is 16.3. The van der Waals surface area contributed by atoms with E-state index in [9.17, 15) is 0 Å². The summed E-state index contributed by atoms with van der Waals surface area (Å²) in [5, 5.41) is 3.93. The lowest BCUT2D eigenvalue weighted by molar-refractivity contribution is 0.570. The van der Waals surface area contributed by atoms with Crippen LogP contribution in [0.2, 0.25) is 0 Å². The molecule has 33 heavy (non-hydrogen) atoms. The number of nitrogens with zero attached hydrogens (tertiary/aromatic N) is 4. The lowest BCUT2D eigenvalue weighted by Gasteiger charge is -2.25. The number of aromatic nitrogens is 5. The number of H-pyrrole nitrogens is 2. The highest BCUT2D eigenvalue weighted by Gasteiger charge is 2.21. The van der Waals surface area contributed by atoms with E-state index >= 15 is 0 Å². The van der Waals surface area contributed by atoms with Crippen molar-refractivity contribution in [1.29, 1.82) is 0 Å². The predicted octanol–water partition coefficient (Wildman–Crippen LogP) is 3.97. The van der Waals surface area contributed by atoms with Gasteiger partial charge in [-0.1, -0.05) is 36.4 Å². The molecule has 0 spiro atoms. The summed E-state index contributed by atoms with van der Waals surface area (Å²) >= 11 is 0. The fourth-order valence-corrected chi connectivity index (χ4v) is 5.13. The van der Waals surface area contributed by atoms with Gasteiger partial charge in [0, 0.05) is 41.1 Å². The zero-order chi connectivity index (χ0) is 21.9. The van der Waals surface area contributed by atoms with Crippen LogP contribution in [0.3, 0.4) is 0 Å². The molecule has 6 aromatic rings. The molecule has 1 aliphatic rings. The van der Waals surface area contributed by atoms with Crippen LogP contribution in [0.5, 0.6) is 0 Å². The van der Waals surface area contributed by atoms with Crippen LogP contribution >= 0.6 is 0 Å². The minimum Gasteiger partial charge on any atom is -0.396 e. The second-order valence-corrected chi connectivity index (χ2v) is 8.78. The van der Waals surface area contributed by atoms with Gasteiger partial charge in [-0.25, -0.2) is 15.0 Å². The molecule has 7 rings (SSSR count). The van der Waals surface area contributed by atoms with Gasteiger partial charge in [-0.3, -0.25) is 0 Å². The second kappa shape index (κ2) is 6.93. The molecule has 0 unspecified atom stereocenters. The molecule has 7 nitrogen and oxygen atoms in total. The molecular formula is C26H23N7. The zero-order valence-corrected chi connectivity index (χ0v) is 18.1. The van der Waals surface area contributed by atoms with Crippen LogP contribution in [0.25, 0.3) is 49.6 Å². The quantitative estimate of drug-likeness (QED) is 0.384. The largest absolute Gasteiger partial charge is 0.396 e.